The second-order valence-corrected chi connectivity index (χ2v) is 5.98. The minimum atomic E-state index is -0.218. The number of para-hydroxylation sites is 2. The van der Waals surface area contributed by atoms with Crippen molar-refractivity contribution >= 4 is 11.6 Å². The smallest absolute Gasteiger partial charge is 0.276 e. The second kappa shape index (κ2) is 7.97. The summed E-state index contributed by atoms with van der Waals surface area (Å²) in [5.41, 5.74) is 1.09. The maximum Gasteiger partial charge on any atom is 0.276 e. The number of carbonyl (C=O) groups excluding carboxylic acids is 1. The van der Waals surface area contributed by atoms with E-state index in [4.69, 9.17) is 4.74 Å². The fourth-order valence-corrected chi connectivity index (χ4v) is 2.82. The molecule has 0 saturated carbocycles. The minimum Gasteiger partial charge on any atom is -0.491 e. The molecule has 1 saturated heterocycles. The summed E-state index contributed by atoms with van der Waals surface area (Å²) in [6.07, 6.45) is 5.02. The summed E-state index contributed by atoms with van der Waals surface area (Å²) in [7, 11) is 0. The molecule has 24 heavy (non-hydrogen) atoms. The lowest BCUT2D eigenvalue weighted by atomic mass is 10.1. The Balaban J connectivity index is 1.68. The lowest BCUT2D eigenvalue weighted by Gasteiger charge is -2.22. The number of hydrogen-bond acceptors (Lipinski definition) is 4. The van der Waals surface area contributed by atoms with Crippen LogP contribution in [0.2, 0.25) is 0 Å². The highest BCUT2D eigenvalue weighted by Gasteiger charge is 2.18. The lowest BCUT2D eigenvalue weighted by Crippen LogP contribution is -2.32. The molecule has 1 aromatic heterocycles. The Morgan fingerprint density at radius 1 is 1.42 bits per heavy atom. The Labute approximate surface area is 142 Å². The summed E-state index contributed by atoms with van der Waals surface area (Å²) in [6.45, 7) is 4.63. The summed E-state index contributed by atoms with van der Waals surface area (Å²) in [6, 6.07) is 9.55. The molecule has 1 aliphatic heterocycles. The molecular weight excluding hydrogens is 304 g/mol. The number of amides is 1. The van der Waals surface area contributed by atoms with E-state index in [1.165, 1.54) is 0 Å². The number of ether oxygens (including phenoxy) is 1. The topological polar surface area (TPSA) is 68.2 Å². The zero-order valence-electron chi connectivity index (χ0n) is 14.0. The first-order valence-electron chi connectivity index (χ1n) is 8.57. The molecule has 1 fully saturated rings. The Morgan fingerprint density at radius 3 is 3.08 bits per heavy atom. The van der Waals surface area contributed by atoms with Gasteiger partial charge in [0.1, 0.15) is 5.75 Å². The van der Waals surface area contributed by atoms with E-state index in [1.807, 2.05) is 42.1 Å². The molecule has 1 aromatic carbocycles. The van der Waals surface area contributed by atoms with Gasteiger partial charge in [-0.15, -0.1) is 0 Å². The van der Waals surface area contributed by atoms with Crippen LogP contribution in [0.3, 0.4) is 0 Å². The first-order valence-corrected chi connectivity index (χ1v) is 8.57. The van der Waals surface area contributed by atoms with Gasteiger partial charge in [0.25, 0.3) is 5.91 Å². The molecule has 6 heteroatoms. The number of aromatic nitrogens is 2. The van der Waals surface area contributed by atoms with Crippen LogP contribution in [0.5, 0.6) is 5.75 Å². The van der Waals surface area contributed by atoms with E-state index in [0.29, 0.717) is 29.8 Å². The highest BCUT2D eigenvalue weighted by atomic mass is 16.5. The third-order valence-corrected chi connectivity index (χ3v) is 4.08. The van der Waals surface area contributed by atoms with Gasteiger partial charge in [0.15, 0.2) is 5.69 Å². The SMILES string of the molecule is CCCOc1ccccc1NC(=O)c1ccn(C2CCCNC2)n1. The van der Waals surface area contributed by atoms with Gasteiger partial charge in [0.05, 0.1) is 18.3 Å². The quantitative estimate of drug-likeness (QED) is 0.855. The number of carbonyl (C=O) groups is 1. The van der Waals surface area contributed by atoms with Gasteiger partial charge < -0.3 is 15.4 Å². The van der Waals surface area contributed by atoms with Crippen LogP contribution in [0.25, 0.3) is 0 Å². The predicted molar refractivity (Wildman–Crippen MR) is 93.5 cm³/mol. The van der Waals surface area contributed by atoms with Crippen molar-refractivity contribution in [3.63, 3.8) is 0 Å². The van der Waals surface area contributed by atoms with Crippen LogP contribution >= 0.6 is 0 Å². The number of piperidine rings is 1. The average Bonchev–Trinajstić information content (AvgIpc) is 3.12. The van der Waals surface area contributed by atoms with Crippen molar-refractivity contribution in [2.45, 2.75) is 32.2 Å². The van der Waals surface area contributed by atoms with E-state index in [0.717, 1.165) is 32.4 Å². The van der Waals surface area contributed by atoms with Crippen LogP contribution in [-0.2, 0) is 0 Å². The molecule has 0 bridgehead atoms. The first-order chi connectivity index (χ1) is 11.8. The van der Waals surface area contributed by atoms with Crippen LogP contribution in [0.15, 0.2) is 36.5 Å². The van der Waals surface area contributed by atoms with Crippen LogP contribution < -0.4 is 15.4 Å². The Morgan fingerprint density at radius 2 is 2.29 bits per heavy atom. The van der Waals surface area contributed by atoms with Gasteiger partial charge in [-0.2, -0.15) is 5.10 Å². The van der Waals surface area contributed by atoms with Crippen LogP contribution in [0.1, 0.15) is 42.7 Å². The minimum absolute atomic E-state index is 0.218. The Kier molecular flexibility index (Phi) is 5.48. The zero-order valence-corrected chi connectivity index (χ0v) is 14.0. The van der Waals surface area contributed by atoms with Crippen molar-refractivity contribution in [1.82, 2.24) is 15.1 Å². The predicted octanol–water partition coefficient (Wildman–Crippen LogP) is 2.85. The number of benzene rings is 1. The number of rotatable bonds is 6. The molecule has 1 unspecified atom stereocenters. The van der Waals surface area contributed by atoms with Crippen molar-refractivity contribution in [1.29, 1.82) is 0 Å². The molecule has 2 N–H and O–H groups in total. The van der Waals surface area contributed by atoms with Crippen molar-refractivity contribution in [2.75, 3.05) is 25.0 Å². The fourth-order valence-electron chi connectivity index (χ4n) is 2.82. The van der Waals surface area contributed by atoms with Gasteiger partial charge in [-0.05, 0) is 44.0 Å². The van der Waals surface area contributed by atoms with Gasteiger partial charge in [-0.1, -0.05) is 19.1 Å². The molecule has 1 amide bonds. The molecule has 128 valence electrons. The van der Waals surface area contributed by atoms with Gasteiger partial charge >= 0.3 is 0 Å². The monoisotopic (exact) mass is 328 g/mol. The van der Waals surface area contributed by atoms with Gasteiger partial charge in [0.2, 0.25) is 0 Å². The summed E-state index contributed by atoms with van der Waals surface area (Å²) >= 11 is 0. The molecule has 2 aromatic rings. The third kappa shape index (κ3) is 3.94. The summed E-state index contributed by atoms with van der Waals surface area (Å²) in [4.78, 5) is 12.5. The first kappa shape index (κ1) is 16.5. The molecule has 2 heterocycles. The van der Waals surface area contributed by atoms with E-state index in [1.54, 1.807) is 6.07 Å². The van der Waals surface area contributed by atoms with Crippen LogP contribution in [0, 0.1) is 0 Å². The van der Waals surface area contributed by atoms with E-state index in [-0.39, 0.29) is 5.91 Å². The molecule has 0 radical (unpaired) electrons. The van der Waals surface area contributed by atoms with Gasteiger partial charge in [-0.3, -0.25) is 9.48 Å². The van der Waals surface area contributed by atoms with Crippen LogP contribution in [0.4, 0.5) is 5.69 Å². The third-order valence-electron chi connectivity index (χ3n) is 4.08. The average molecular weight is 328 g/mol. The number of anilines is 1. The maximum atomic E-state index is 12.5. The largest absolute Gasteiger partial charge is 0.491 e. The summed E-state index contributed by atoms with van der Waals surface area (Å²) < 4.78 is 7.56. The molecular formula is C18H24N4O2. The van der Waals surface area contributed by atoms with E-state index < -0.39 is 0 Å². The fraction of sp³-hybridized carbons (Fsp3) is 0.444. The molecule has 1 atom stereocenters. The number of hydrogen-bond donors (Lipinski definition) is 2. The number of nitrogens with zero attached hydrogens (tertiary/aromatic N) is 2. The molecule has 0 aliphatic carbocycles. The molecule has 6 nitrogen and oxygen atoms in total. The Bertz CT molecular complexity index is 677. The van der Waals surface area contributed by atoms with Crippen LogP contribution in [-0.4, -0.2) is 35.4 Å². The van der Waals surface area contributed by atoms with Crippen molar-refractivity contribution in [3.05, 3.63) is 42.2 Å². The molecule has 3 rings (SSSR count). The molecule has 0 spiro atoms. The van der Waals surface area contributed by atoms with Crippen molar-refractivity contribution in [3.8, 4) is 5.75 Å². The van der Waals surface area contributed by atoms with Gasteiger partial charge in [0, 0.05) is 12.7 Å². The second-order valence-electron chi connectivity index (χ2n) is 5.98. The molecule has 1 aliphatic rings. The highest BCUT2D eigenvalue weighted by Crippen LogP contribution is 2.24. The summed E-state index contributed by atoms with van der Waals surface area (Å²) in [5, 5.41) is 10.7. The van der Waals surface area contributed by atoms with Crippen molar-refractivity contribution < 1.29 is 9.53 Å². The van der Waals surface area contributed by atoms with Crippen molar-refractivity contribution in [2.24, 2.45) is 0 Å². The van der Waals surface area contributed by atoms with E-state index in [9.17, 15) is 4.79 Å². The Hall–Kier alpha value is -2.34. The number of nitrogens with one attached hydrogen (secondary N) is 2. The normalized spacial score (nSPS) is 17.5. The van der Waals surface area contributed by atoms with E-state index in [2.05, 4.69) is 15.7 Å². The van der Waals surface area contributed by atoms with E-state index >= 15 is 0 Å². The zero-order chi connectivity index (χ0) is 16.8. The lowest BCUT2D eigenvalue weighted by molar-refractivity contribution is 0.102. The standard InChI is InChI=1S/C18H24N4O2/c1-2-12-24-17-8-4-3-7-15(17)20-18(23)16-9-11-22(21-16)14-6-5-10-19-13-14/h3-4,7-9,11,14,19H,2,5-6,10,12-13H2,1H3,(H,20,23). The highest BCUT2D eigenvalue weighted by molar-refractivity contribution is 6.03. The summed E-state index contributed by atoms with van der Waals surface area (Å²) in [5.74, 6) is 0.466. The van der Waals surface area contributed by atoms with Gasteiger partial charge in [-0.25, -0.2) is 0 Å². The maximum absolute atomic E-state index is 12.5.